The van der Waals surface area contributed by atoms with Crippen molar-refractivity contribution in [1.29, 1.82) is 0 Å². The topological polar surface area (TPSA) is 37.4 Å². The highest BCUT2D eigenvalue weighted by atomic mass is 16.2. The molecular formula is C9H6BNO2. The Morgan fingerprint density at radius 3 is 1.92 bits per heavy atom. The number of hydrogen-bond acceptors (Lipinski definition) is 2. The van der Waals surface area contributed by atoms with Crippen molar-refractivity contribution in [2.24, 2.45) is 0 Å². The van der Waals surface area contributed by atoms with E-state index in [9.17, 15) is 9.59 Å². The molecule has 1 aromatic rings. The predicted octanol–water partition coefficient (Wildman–Crippen LogP) is 0.409. The molecule has 1 aliphatic heterocycles. The minimum atomic E-state index is -0.303. The summed E-state index contributed by atoms with van der Waals surface area (Å²) in [4.78, 5) is 24.0. The van der Waals surface area contributed by atoms with Crippen LogP contribution in [0.25, 0.3) is 0 Å². The maximum Gasteiger partial charge on any atom is 0.260 e. The van der Waals surface area contributed by atoms with Crippen LogP contribution in [0.2, 0.25) is 0 Å². The zero-order valence-corrected chi connectivity index (χ0v) is 6.86. The second-order valence-corrected chi connectivity index (χ2v) is 2.77. The highest BCUT2D eigenvalue weighted by Crippen LogP contribution is 2.21. The molecule has 0 fully saturated rings. The molecule has 0 saturated heterocycles. The maximum atomic E-state index is 11.5. The molecule has 0 atom stereocenters. The van der Waals surface area contributed by atoms with Gasteiger partial charge in [0.25, 0.3) is 11.8 Å². The summed E-state index contributed by atoms with van der Waals surface area (Å²) in [6.45, 7) is 0. The fourth-order valence-electron chi connectivity index (χ4n) is 1.40. The number of benzene rings is 1. The van der Waals surface area contributed by atoms with Gasteiger partial charge in [0, 0.05) is 0 Å². The molecule has 0 saturated carbocycles. The molecule has 62 valence electrons. The van der Waals surface area contributed by atoms with Gasteiger partial charge in [0.1, 0.15) is 0 Å². The van der Waals surface area contributed by atoms with E-state index in [1.807, 2.05) is 0 Å². The normalized spacial score (nSPS) is 14.9. The van der Waals surface area contributed by atoms with E-state index < -0.39 is 0 Å². The van der Waals surface area contributed by atoms with Crippen LogP contribution in [-0.2, 0) is 0 Å². The quantitative estimate of drug-likeness (QED) is 0.453. The first-order valence-electron chi connectivity index (χ1n) is 3.91. The Kier molecular flexibility index (Phi) is 1.69. The SMILES string of the molecule is [B]CN1C(=O)c2ccccc2C1=O. The van der Waals surface area contributed by atoms with Crippen molar-refractivity contribution in [2.75, 3.05) is 6.44 Å². The molecule has 4 heteroatoms. The van der Waals surface area contributed by atoms with Crippen LogP contribution in [0.5, 0.6) is 0 Å². The highest BCUT2D eigenvalue weighted by Gasteiger charge is 2.33. The van der Waals surface area contributed by atoms with Gasteiger partial charge in [-0.2, -0.15) is 0 Å². The third-order valence-electron chi connectivity index (χ3n) is 2.06. The van der Waals surface area contributed by atoms with Crippen LogP contribution in [0.4, 0.5) is 0 Å². The first-order valence-corrected chi connectivity index (χ1v) is 3.91. The predicted molar refractivity (Wildman–Crippen MR) is 47.6 cm³/mol. The van der Waals surface area contributed by atoms with Crippen molar-refractivity contribution in [3.05, 3.63) is 35.4 Å². The molecular weight excluding hydrogens is 165 g/mol. The molecule has 0 N–H and O–H groups in total. The summed E-state index contributed by atoms with van der Waals surface area (Å²) in [7, 11) is 5.28. The lowest BCUT2D eigenvalue weighted by molar-refractivity contribution is 0.0682. The van der Waals surface area contributed by atoms with Crippen LogP contribution in [0.1, 0.15) is 20.7 Å². The largest absolute Gasteiger partial charge is 0.284 e. The van der Waals surface area contributed by atoms with Crippen molar-refractivity contribution in [3.63, 3.8) is 0 Å². The van der Waals surface area contributed by atoms with Gasteiger partial charge < -0.3 is 0 Å². The smallest absolute Gasteiger partial charge is 0.260 e. The van der Waals surface area contributed by atoms with Crippen LogP contribution < -0.4 is 0 Å². The number of rotatable bonds is 1. The summed E-state index contributed by atoms with van der Waals surface area (Å²) in [6, 6.07) is 6.71. The van der Waals surface area contributed by atoms with E-state index in [-0.39, 0.29) is 18.3 Å². The summed E-state index contributed by atoms with van der Waals surface area (Å²) in [6.07, 6.45) is -0.0631. The second-order valence-electron chi connectivity index (χ2n) is 2.77. The Labute approximate surface area is 76.8 Å². The van der Waals surface area contributed by atoms with E-state index in [1.165, 1.54) is 0 Å². The van der Waals surface area contributed by atoms with Crippen molar-refractivity contribution in [3.8, 4) is 0 Å². The van der Waals surface area contributed by atoms with E-state index in [4.69, 9.17) is 7.85 Å². The number of hydrogen-bond donors (Lipinski definition) is 0. The molecule has 1 aromatic carbocycles. The van der Waals surface area contributed by atoms with Gasteiger partial charge in [0.2, 0.25) is 0 Å². The van der Waals surface area contributed by atoms with Gasteiger partial charge in [-0.15, -0.1) is 0 Å². The number of nitrogens with zero attached hydrogens (tertiary/aromatic N) is 1. The van der Waals surface area contributed by atoms with Gasteiger partial charge in [-0.3, -0.25) is 14.5 Å². The van der Waals surface area contributed by atoms with E-state index in [0.717, 1.165) is 4.90 Å². The first kappa shape index (κ1) is 8.04. The zero-order valence-electron chi connectivity index (χ0n) is 6.86. The number of carbonyl (C=O) groups excluding carboxylic acids is 2. The molecule has 0 aliphatic carbocycles. The van der Waals surface area contributed by atoms with Crippen LogP contribution in [-0.4, -0.2) is 31.0 Å². The molecule has 2 radical (unpaired) electrons. The summed E-state index contributed by atoms with van der Waals surface area (Å²) in [5.74, 6) is -0.605. The molecule has 2 rings (SSSR count). The molecule has 0 aromatic heterocycles. The molecule has 1 heterocycles. The fourth-order valence-corrected chi connectivity index (χ4v) is 1.40. The van der Waals surface area contributed by atoms with Crippen LogP contribution in [0, 0.1) is 0 Å². The lowest BCUT2D eigenvalue weighted by atomic mass is 10.1. The Morgan fingerprint density at radius 1 is 1.08 bits per heavy atom. The van der Waals surface area contributed by atoms with E-state index >= 15 is 0 Å². The lowest BCUT2D eigenvalue weighted by Crippen LogP contribution is -2.30. The number of amides is 2. The van der Waals surface area contributed by atoms with Gasteiger partial charge >= 0.3 is 0 Å². The molecule has 0 spiro atoms. The maximum absolute atomic E-state index is 11.5. The first-order chi connectivity index (χ1) is 6.25. The lowest BCUT2D eigenvalue weighted by Gasteiger charge is -2.09. The number of imide groups is 1. The fraction of sp³-hybridized carbons (Fsp3) is 0.111. The van der Waals surface area contributed by atoms with Crippen molar-refractivity contribution in [1.82, 2.24) is 4.90 Å². The van der Waals surface area contributed by atoms with Gasteiger partial charge in [0.15, 0.2) is 0 Å². The van der Waals surface area contributed by atoms with Crippen molar-refractivity contribution < 1.29 is 9.59 Å². The van der Waals surface area contributed by atoms with Crippen LogP contribution >= 0.6 is 0 Å². The monoisotopic (exact) mass is 171 g/mol. The minimum absolute atomic E-state index is 0.0631. The highest BCUT2D eigenvalue weighted by molar-refractivity contribution is 6.24. The Morgan fingerprint density at radius 2 is 1.54 bits per heavy atom. The molecule has 3 nitrogen and oxygen atoms in total. The van der Waals surface area contributed by atoms with E-state index in [1.54, 1.807) is 24.3 Å². The summed E-state index contributed by atoms with van der Waals surface area (Å²) in [5.41, 5.74) is 0.885. The summed E-state index contributed by atoms with van der Waals surface area (Å²) in [5, 5.41) is 0. The van der Waals surface area contributed by atoms with Crippen LogP contribution in [0.15, 0.2) is 24.3 Å². The third kappa shape index (κ3) is 0.984. The molecule has 2 amide bonds. The van der Waals surface area contributed by atoms with Gasteiger partial charge in [-0.25, -0.2) is 0 Å². The Bertz CT molecular complexity index is 354. The molecule has 13 heavy (non-hydrogen) atoms. The summed E-state index contributed by atoms with van der Waals surface area (Å²) < 4.78 is 0. The van der Waals surface area contributed by atoms with Gasteiger partial charge in [-0.1, -0.05) is 12.1 Å². The second kappa shape index (κ2) is 2.73. The average molecular weight is 171 g/mol. The van der Waals surface area contributed by atoms with E-state index in [0.29, 0.717) is 11.1 Å². The summed E-state index contributed by atoms with van der Waals surface area (Å²) >= 11 is 0. The molecule has 0 unspecified atom stereocenters. The van der Waals surface area contributed by atoms with E-state index in [2.05, 4.69) is 0 Å². The number of carbonyl (C=O) groups is 2. The minimum Gasteiger partial charge on any atom is -0.284 e. The van der Waals surface area contributed by atoms with Crippen molar-refractivity contribution >= 4 is 19.7 Å². The van der Waals surface area contributed by atoms with Crippen LogP contribution in [0.3, 0.4) is 0 Å². The third-order valence-corrected chi connectivity index (χ3v) is 2.06. The number of fused-ring (bicyclic) bond motifs is 1. The van der Waals surface area contributed by atoms with Gasteiger partial charge in [0.05, 0.1) is 19.0 Å². The Balaban J connectivity index is 2.57. The van der Waals surface area contributed by atoms with Gasteiger partial charge in [-0.05, 0) is 18.6 Å². The average Bonchev–Trinajstić information content (AvgIpc) is 2.41. The standard InChI is InChI=1S/C9H6BNO2/c10-5-11-8(12)6-3-1-2-4-7(6)9(11)13/h1-4H,5H2. The molecule has 0 bridgehead atoms. The Hall–Kier alpha value is -1.58. The van der Waals surface area contributed by atoms with Crippen molar-refractivity contribution in [2.45, 2.75) is 0 Å². The zero-order chi connectivity index (χ0) is 9.42. The molecule has 1 aliphatic rings.